The van der Waals surface area contributed by atoms with Crippen molar-refractivity contribution >= 4 is 11.6 Å². The zero-order chi connectivity index (χ0) is 10.8. The first-order chi connectivity index (χ1) is 7.16. The van der Waals surface area contributed by atoms with E-state index in [1.807, 2.05) is 6.07 Å². The largest absolute Gasteiger partial charge is 0.370 e. The van der Waals surface area contributed by atoms with Gasteiger partial charge in [-0.1, -0.05) is 18.2 Å². The van der Waals surface area contributed by atoms with E-state index in [1.54, 1.807) is 0 Å². The molecule has 0 saturated heterocycles. The van der Waals surface area contributed by atoms with Crippen LogP contribution in [0.25, 0.3) is 0 Å². The van der Waals surface area contributed by atoms with Crippen molar-refractivity contribution in [3.8, 4) is 0 Å². The fourth-order valence-electron chi connectivity index (χ4n) is 1.57. The van der Waals surface area contributed by atoms with Crippen molar-refractivity contribution in [1.29, 1.82) is 0 Å². The van der Waals surface area contributed by atoms with Gasteiger partial charge in [-0.05, 0) is 37.8 Å². The van der Waals surface area contributed by atoms with Gasteiger partial charge in [0.2, 0.25) is 0 Å². The average Bonchev–Trinajstić information content (AvgIpc) is 2.95. The van der Waals surface area contributed by atoms with Gasteiger partial charge in [-0.3, -0.25) is 0 Å². The number of aryl methyl sites for hydroxylation is 2. The topological polar surface area (TPSA) is 50.4 Å². The summed E-state index contributed by atoms with van der Waals surface area (Å²) in [7, 11) is 0. The first kappa shape index (κ1) is 10.0. The van der Waals surface area contributed by atoms with Gasteiger partial charge in [-0.2, -0.15) is 0 Å². The lowest BCUT2D eigenvalue weighted by molar-refractivity contribution is 1.06. The highest BCUT2D eigenvalue weighted by Gasteiger charge is 2.20. The van der Waals surface area contributed by atoms with E-state index in [4.69, 9.17) is 5.73 Å². The van der Waals surface area contributed by atoms with Crippen molar-refractivity contribution in [2.45, 2.75) is 32.7 Å². The van der Waals surface area contributed by atoms with Gasteiger partial charge >= 0.3 is 0 Å². The van der Waals surface area contributed by atoms with Crippen LogP contribution in [0.5, 0.6) is 0 Å². The van der Waals surface area contributed by atoms with E-state index in [-0.39, 0.29) is 0 Å². The SMILES string of the molecule is Cc1cccc(C)c1NC(N)=NC1CC1. The van der Waals surface area contributed by atoms with Gasteiger partial charge in [0.25, 0.3) is 0 Å². The molecule has 3 nitrogen and oxygen atoms in total. The van der Waals surface area contributed by atoms with Gasteiger partial charge < -0.3 is 11.1 Å². The van der Waals surface area contributed by atoms with E-state index in [2.05, 4.69) is 36.3 Å². The standard InChI is InChI=1S/C12H17N3/c1-8-4-3-5-9(2)11(8)15-12(13)14-10-6-7-10/h3-5,10H,6-7H2,1-2H3,(H3,13,14,15). The molecule has 1 saturated carbocycles. The van der Waals surface area contributed by atoms with E-state index in [0.29, 0.717) is 12.0 Å². The first-order valence-electron chi connectivity index (χ1n) is 5.33. The number of nitrogens with zero attached hydrogens (tertiary/aromatic N) is 1. The summed E-state index contributed by atoms with van der Waals surface area (Å²) in [4.78, 5) is 4.35. The lowest BCUT2D eigenvalue weighted by Gasteiger charge is -2.11. The quantitative estimate of drug-likeness (QED) is 0.572. The van der Waals surface area contributed by atoms with Crippen LogP contribution in [0.15, 0.2) is 23.2 Å². The second kappa shape index (κ2) is 3.93. The van der Waals surface area contributed by atoms with Gasteiger partial charge in [0, 0.05) is 5.69 Å². The molecule has 0 amide bonds. The first-order valence-corrected chi connectivity index (χ1v) is 5.33. The molecule has 1 aromatic carbocycles. The summed E-state index contributed by atoms with van der Waals surface area (Å²) in [5, 5.41) is 3.18. The number of nitrogens with two attached hydrogens (primary N) is 1. The predicted molar refractivity (Wildman–Crippen MR) is 64.2 cm³/mol. The minimum Gasteiger partial charge on any atom is -0.370 e. The summed E-state index contributed by atoms with van der Waals surface area (Å²) < 4.78 is 0. The Morgan fingerprint density at radius 3 is 2.47 bits per heavy atom. The van der Waals surface area contributed by atoms with Gasteiger partial charge in [-0.25, -0.2) is 4.99 Å². The highest BCUT2D eigenvalue weighted by Crippen LogP contribution is 2.24. The molecule has 0 bridgehead atoms. The van der Waals surface area contributed by atoms with Crippen LogP contribution in [-0.2, 0) is 0 Å². The van der Waals surface area contributed by atoms with Crippen LogP contribution in [0.2, 0.25) is 0 Å². The van der Waals surface area contributed by atoms with E-state index >= 15 is 0 Å². The summed E-state index contributed by atoms with van der Waals surface area (Å²) in [6, 6.07) is 6.64. The van der Waals surface area contributed by atoms with Crippen LogP contribution in [0.3, 0.4) is 0 Å². The number of rotatable bonds is 2. The Bertz CT molecular complexity index is 372. The lowest BCUT2D eigenvalue weighted by Crippen LogP contribution is -2.24. The summed E-state index contributed by atoms with van der Waals surface area (Å²) in [6.07, 6.45) is 2.35. The Morgan fingerprint density at radius 2 is 1.93 bits per heavy atom. The average molecular weight is 203 g/mol. The van der Waals surface area contributed by atoms with Crippen LogP contribution in [0.1, 0.15) is 24.0 Å². The molecule has 15 heavy (non-hydrogen) atoms. The van der Waals surface area contributed by atoms with Gasteiger partial charge in [0.05, 0.1) is 6.04 Å². The van der Waals surface area contributed by atoms with Crippen molar-refractivity contribution in [3.05, 3.63) is 29.3 Å². The Balaban J connectivity index is 2.15. The zero-order valence-corrected chi connectivity index (χ0v) is 9.25. The third-order valence-electron chi connectivity index (χ3n) is 2.60. The highest BCUT2D eigenvalue weighted by atomic mass is 15.1. The number of nitrogens with one attached hydrogen (secondary N) is 1. The molecule has 1 aliphatic rings. The summed E-state index contributed by atoms with van der Waals surface area (Å²) in [6.45, 7) is 4.14. The smallest absolute Gasteiger partial charge is 0.193 e. The Labute approximate surface area is 90.4 Å². The number of aliphatic imine (C=N–C) groups is 1. The third kappa shape index (κ3) is 2.49. The van der Waals surface area contributed by atoms with Crippen molar-refractivity contribution in [1.82, 2.24) is 0 Å². The van der Waals surface area contributed by atoms with Gasteiger partial charge in [0.1, 0.15) is 0 Å². The van der Waals surface area contributed by atoms with Gasteiger partial charge in [0.15, 0.2) is 5.96 Å². The molecular formula is C12H17N3. The summed E-state index contributed by atoms with van der Waals surface area (Å²) >= 11 is 0. The molecule has 2 rings (SSSR count). The number of anilines is 1. The van der Waals surface area contributed by atoms with Crippen molar-refractivity contribution in [3.63, 3.8) is 0 Å². The molecule has 80 valence electrons. The maximum absolute atomic E-state index is 5.82. The van der Waals surface area contributed by atoms with E-state index in [9.17, 15) is 0 Å². The number of hydrogen-bond donors (Lipinski definition) is 2. The highest BCUT2D eigenvalue weighted by molar-refractivity contribution is 5.93. The van der Waals surface area contributed by atoms with Crippen LogP contribution >= 0.6 is 0 Å². The molecule has 0 aromatic heterocycles. The minimum absolute atomic E-state index is 0.460. The molecule has 1 fully saturated rings. The Kier molecular flexibility index (Phi) is 2.62. The molecule has 0 aliphatic heterocycles. The third-order valence-corrected chi connectivity index (χ3v) is 2.60. The number of hydrogen-bond acceptors (Lipinski definition) is 1. The monoisotopic (exact) mass is 203 g/mol. The molecule has 3 N–H and O–H groups in total. The second-order valence-corrected chi connectivity index (χ2v) is 4.14. The number of benzene rings is 1. The van der Waals surface area contributed by atoms with Crippen molar-refractivity contribution < 1.29 is 0 Å². The van der Waals surface area contributed by atoms with Crippen molar-refractivity contribution in [2.24, 2.45) is 10.7 Å². The summed E-state index contributed by atoms with van der Waals surface area (Å²) in [5.41, 5.74) is 9.30. The fourth-order valence-corrected chi connectivity index (χ4v) is 1.57. The van der Waals surface area contributed by atoms with Crippen LogP contribution < -0.4 is 11.1 Å². The van der Waals surface area contributed by atoms with Crippen LogP contribution in [0.4, 0.5) is 5.69 Å². The summed E-state index contributed by atoms with van der Waals surface area (Å²) in [5.74, 6) is 0.537. The molecular weight excluding hydrogens is 186 g/mol. The van der Waals surface area contributed by atoms with Crippen LogP contribution in [0, 0.1) is 13.8 Å². The predicted octanol–water partition coefficient (Wildman–Crippen LogP) is 2.19. The fraction of sp³-hybridized carbons (Fsp3) is 0.417. The van der Waals surface area contributed by atoms with E-state index in [1.165, 1.54) is 24.0 Å². The number of guanidine groups is 1. The van der Waals surface area contributed by atoms with Crippen molar-refractivity contribution in [2.75, 3.05) is 5.32 Å². The molecule has 0 unspecified atom stereocenters. The normalized spacial score (nSPS) is 16.5. The zero-order valence-electron chi connectivity index (χ0n) is 9.25. The number of para-hydroxylation sites is 1. The van der Waals surface area contributed by atoms with Crippen LogP contribution in [-0.4, -0.2) is 12.0 Å². The molecule has 0 radical (unpaired) electrons. The molecule has 3 heteroatoms. The molecule has 1 aliphatic carbocycles. The second-order valence-electron chi connectivity index (χ2n) is 4.14. The maximum atomic E-state index is 5.82. The Hall–Kier alpha value is -1.51. The lowest BCUT2D eigenvalue weighted by atomic mass is 10.1. The molecule has 0 spiro atoms. The molecule has 1 aromatic rings. The van der Waals surface area contributed by atoms with E-state index in [0.717, 1.165) is 5.69 Å². The molecule has 0 atom stereocenters. The minimum atomic E-state index is 0.460. The van der Waals surface area contributed by atoms with Gasteiger partial charge in [-0.15, -0.1) is 0 Å². The maximum Gasteiger partial charge on any atom is 0.193 e. The molecule has 0 heterocycles. The Morgan fingerprint density at radius 1 is 1.33 bits per heavy atom. The van der Waals surface area contributed by atoms with E-state index < -0.39 is 0 Å².